The van der Waals surface area contributed by atoms with Crippen molar-refractivity contribution in [3.05, 3.63) is 30.1 Å². The molecule has 156 valence electrons. The van der Waals surface area contributed by atoms with Gasteiger partial charge in [-0.25, -0.2) is 0 Å². The number of carbonyl (C=O) groups excluding carboxylic acids is 1. The number of likely N-dealkylation sites (N-methyl/N-ethyl adjacent to an activating group) is 1. The molecule has 1 spiro atoms. The summed E-state index contributed by atoms with van der Waals surface area (Å²) in [4.78, 5) is 25.3. The van der Waals surface area contributed by atoms with E-state index in [1.165, 1.54) is 38.5 Å². The van der Waals surface area contributed by atoms with E-state index >= 15 is 0 Å². The molecule has 2 fully saturated rings. The topological polar surface area (TPSA) is 60.8 Å². The van der Waals surface area contributed by atoms with Gasteiger partial charge in [-0.05, 0) is 36.8 Å². The van der Waals surface area contributed by atoms with Crippen LogP contribution >= 0.6 is 24.0 Å². The van der Waals surface area contributed by atoms with Crippen LogP contribution in [0.5, 0.6) is 0 Å². The second kappa shape index (κ2) is 11.0. The van der Waals surface area contributed by atoms with Crippen LogP contribution in [0.25, 0.3) is 0 Å². The smallest absolute Gasteiger partial charge is 0.241 e. The second-order valence-electron chi connectivity index (χ2n) is 8.02. The van der Waals surface area contributed by atoms with Crippen LogP contribution in [0.15, 0.2) is 29.4 Å². The Bertz CT molecular complexity index is 645. The molecular weight excluding hydrogens is 465 g/mol. The molecule has 1 aromatic rings. The fourth-order valence-corrected chi connectivity index (χ4v) is 4.40. The SMILES string of the molecule is CN=C(NCC(=O)N(C)CCc1ccccn1)N1CCC2(CCCCC2)C1.I. The zero-order valence-electron chi connectivity index (χ0n) is 17.2. The Morgan fingerprint density at radius 3 is 2.75 bits per heavy atom. The second-order valence-corrected chi connectivity index (χ2v) is 8.02. The van der Waals surface area contributed by atoms with Crippen LogP contribution in [0.1, 0.15) is 44.2 Å². The number of pyridine rings is 1. The van der Waals surface area contributed by atoms with Gasteiger partial charge in [0.05, 0.1) is 6.54 Å². The lowest BCUT2D eigenvalue weighted by atomic mass is 9.73. The van der Waals surface area contributed by atoms with Gasteiger partial charge in [0.2, 0.25) is 5.91 Å². The van der Waals surface area contributed by atoms with Crippen molar-refractivity contribution >= 4 is 35.8 Å². The van der Waals surface area contributed by atoms with Crippen LogP contribution in [-0.2, 0) is 11.2 Å². The molecule has 1 aromatic heterocycles. The van der Waals surface area contributed by atoms with E-state index < -0.39 is 0 Å². The third kappa shape index (κ3) is 6.06. The van der Waals surface area contributed by atoms with Gasteiger partial charge in [0.25, 0.3) is 0 Å². The lowest BCUT2D eigenvalue weighted by Gasteiger charge is -2.33. The Kier molecular flexibility index (Phi) is 8.98. The van der Waals surface area contributed by atoms with Gasteiger partial charge in [-0.15, -0.1) is 24.0 Å². The maximum Gasteiger partial charge on any atom is 0.241 e. The Labute approximate surface area is 186 Å². The number of hydrogen-bond acceptors (Lipinski definition) is 3. The molecule has 1 N–H and O–H groups in total. The van der Waals surface area contributed by atoms with E-state index in [9.17, 15) is 4.79 Å². The molecule has 0 aromatic carbocycles. The van der Waals surface area contributed by atoms with Crippen molar-refractivity contribution in [1.29, 1.82) is 0 Å². The van der Waals surface area contributed by atoms with Crippen LogP contribution in [-0.4, -0.2) is 66.9 Å². The van der Waals surface area contributed by atoms with Gasteiger partial charge in [0.15, 0.2) is 5.96 Å². The Morgan fingerprint density at radius 1 is 1.29 bits per heavy atom. The van der Waals surface area contributed by atoms with Crippen LogP contribution in [0.4, 0.5) is 0 Å². The van der Waals surface area contributed by atoms with Gasteiger partial charge in [0.1, 0.15) is 0 Å². The number of nitrogens with one attached hydrogen (secondary N) is 1. The van der Waals surface area contributed by atoms with Crippen LogP contribution in [0, 0.1) is 5.41 Å². The van der Waals surface area contributed by atoms with Gasteiger partial charge < -0.3 is 15.1 Å². The maximum atomic E-state index is 12.5. The number of aliphatic imine (C=N–C) groups is 1. The number of halogens is 1. The lowest BCUT2D eigenvalue weighted by molar-refractivity contribution is -0.128. The number of likely N-dealkylation sites (tertiary alicyclic amines) is 1. The Hall–Kier alpha value is -1.38. The number of nitrogens with zero attached hydrogens (tertiary/aromatic N) is 4. The molecule has 0 unspecified atom stereocenters. The highest BCUT2D eigenvalue weighted by Crippen LogP contribution is 2.43. The van der Waals surface area contributed by atoms with Crippen LogP contribution < -0.4 is 5.32 Å². The molecule has 6 nitrogen and oxygen atoms in total. The molecule has 7 heteroatoms. The third-order valence-electron chi connectivity index (χ3n) is 6.12. The molecule has 1 saturated carbocycles. The normalized spacial score (nSPS) is 18.6. The van der Waals surface area contributed by atoms with Crippen LogP contribution in [0.3, 0.4) is 0 Å². The van der Waals surface area contributed by atoms with E-state index in [2.05, 4.69) is 20.2 Å². The van der Waals surface area contributed by atoms with E-state index in [1.807, 2.05) is 32.3 Å². The molecule has 1 saturated heterocycles. The Morgan fingerprint density at radius 2 is 2.07 bits per heavy atom. The first-order valence-corrected chi connectivity index (χ1v) is 10.2. The van der Waals surface area contributed by atoms with Crippen LogP contribution in [0.2, 0.25) is 0 Å². The standard InChI is InChI=1S/C21H33N5O.HI/c1-22-20(26-15-12-21(17-26)10-5-3-6-11-21)24-16-19(27)25(2)14-9-18-8-4-7-13-23-18;/h4,7-8,13H,3,5-6,9-12,14-17H2,1-2H3,(H,22,24);1H. The summed E-state index contributed by atoms with van der Waals surface area (Å²) in [6.07, 6.45) is 10.6. The largest absolute Gasteiger partial charge is 0.347 e. The summed E-state index contributed by atoms with van der Waals surface area (Å²) < 4.78 is 0. The van der Waals surface area contributed by atoms with Crippen molar-refractivity contribution in [3.63, 3.8) is 0 Å². The van der Waals surface area contributed by atoms with Gasteiger partial charge in [-0.2, -0.15) is 0 Å². The first-order valence-electron chi connectivity index (χ1n) is 10.2. The minimum atomic E-state index is 0. The van der Waals surface area contributed by atoms with E-state index in [0.29, 0.717) is 12.0 Å². The molecule has 0 bridgehead atoms. The van der Waals surface area contributed by atoms with Crippen molar-refractivity contribution in [2.24, 2.45) is 10.4 Å². The zero-order chi connectivity index (χ0) is 19.1. The van der Waals surface area contributed by atoms with E-state index in [0.717, 1.165) is 31.2 Å². The number of hydrogen-bond donors (Lipinski definition) is 1. The lowest BCUT2D eigenvalue weighted by Crippen LogP contribution is -2.46. The molecule has 1 aliphatic heterocycles. The molecule has 2 heterocycles. The molecule has 1 aliphatic carbocycles. The predicted molar refractivity (Wildman–Crippen MR) is 124 cm³/mol. The summed E-state index contributed by atoms with van der Waals surface area (Å²) in [6, 6.07) is 5.88. The summed E-state index contributed by atoms with van der Waals surface area (Å²) >= 11 is 0. The maximum absolute atomic E-state index is 12.5. The predicted octanol–water partition coefficient (Wildman–Crippen LogP) is 2.93. The van der Waals surface area contributed by atoms with Gasteiger partial charge in [-0.1, -0.05) is 25.3 Å². The van der Waals surface area contributed by atoms with E-state index in [-0.39, 0.29) is 36.4 Å². The minimum Gasteiger partial charge on any atom is -0.347 e. The molecule has 3 rings (SSSR count). The number of rotatable bonds is 5. The summed E-state index contributed by atoms with van der Waals surface area (Å²) in [7, 11) is 3.66. The van der Waals surface area contributed by atoms with Gasteiger partial charge in [0, 0.05) is 52.0 Å². The molecule has 0 radical (unpaired) electrons. The average Bonchev–Trinajstić information content (AvgIpc) is 3.10. The monoisotopic (exact) mass is 499 g/mol. The van der Waals surface area contributed by atoms with E-state index in [1.54, 1.807) is 11.1 Å². The number of aromatic nitrogens is 1. The van der Waals surface area contributed by atoms with Gasteiger partial charge in [-0.3, -0.25) is 14.8 Å². The quantitative estimate of drug-likeness (QED) is 0.385. The number of guanidine groups is 1. The number of carbonyl (C=O) groups is 1. The van der Waals surface area contributed by atoms with Crippen molar-refractivity contribution in [2.75, 3.05) is 40.3 Å². The van der Waals surface area contributed by atoms with E-state index in [4.69, 9.17) is 0 Å². The van der Waals surface area contributed by atoms with Crippen molar-refractivity contribution in [3.8, 4) is 0 Å². The summed E-state index contributed by atoms with van der Waals surface area (Å²) in [6.45, 7) is 3.08. The summed E-state index contributed by atoms with van der Waals surface area (Å²) in [5.74, 6) is 0.947. The third-order valence-corrected chi connectivity index (χ3v) is 6.12. The fourth-order valence-electron chi connectivity index (χ4n) is 4.40. The first-order chi connectivity index (χ1) is 13.1. The number of amides is 1. The Balaban J connectivity index is 0.00000280. The highest BCUT2D eigenvalue weighted by molar-refractivity contribution is 14.0. The summed E-state index contributed by atoms with van der Waals surface area (Å²) in [5.41, 5.74) is 1.50. The summed E-state index contributed by atoms with van der Waals surface area (Å²) in [5, 5.41) is 3.28. The average molecular weight is 499 g/mol. The molecule has 0 atom stereocenters. The van der Waals surface area contributed by atoms with Gasteiger partial charge >= 0.3 is 0 Å². The van der Waals surface area contributed by atoms with Crippen molar-refractivity contribution in [1.82, 2.24) is 20.1 Å². The van der Waals surface area contributed by atoms with Crippen molar-refractivity contribution in [2.45, 2.75) is 44.9 Å². The highest BCUT2D eigenvalue weighted by atomic mass is 127. The zero-order valence-corrected chi connectivity index (χ0v) is 19.5. The first kappa shape index (κ1) is 22.9. The fraction of sp³-hybridized carbons (Fsp3) is 0.667. The molecule has 2 aliphatic rings. The highest BCUT2D eigenvalue weighted by Gasteiger charge is 2.39. The molecule has 28 heavy (non-hydrogen) atoms. The molecule has 1 amide bonds. The minimum absolute atomic E-state index is 0. The van der Waals surface area contributed by atoms with Crippen molar-refractivity contribution < 1.29 is 4.79 Å². The molecular formula is C21H34IN5O.